The van der Waals surface area contributed by atoms with Crippen molar-refractivity contribution in [3.63, 3.8) is 0 Å². The number of hydrogen-bond donors (Lipinski definition) is 0. The van der Waals surface area contributed by atoms with Crippen molar-refractivity contribution < 1.29 is 14.3 Å². The van der Waals surface area contributed by atoms with Gasteiger partial charge in [0.15, 0.2) is 5.37 Å². The van der Waals surface area contributed by atoms with E-state index in [1.165, 1.54) is 20.6 Å². The first-order valence-corrected chi connectivity index (χ1v) is 8.50. The summed E-state index contributed by atoms with van der Waals surface area (Å²) in [5, 5.41) is -0.662. The Bertz CT molecular complexity index is 638. The minimum absolute atomic E-state index is 0.0834. The van der Waals surface area contributed by atoms with Crippen LogP contribution in [0.1, 0.15) is 10.8 Å². The summed E-state index contributed by atoms with van der Waals surface area (Å²) in [6.07, 6.45) is 0. The fourth-order valence-electron chi connectivity index (χ4n) is 2.95. The number of rotatable bonds is 0. The van der Waals surface area contributed by atoms with Crippen LogP contribution >= 0.6 is 21.6 Å². The highest BCUT2D eigenvalue weighted by atomic mass is 33.1. The monoisotopic (exact) mass is 308 g/mol. The molecule has 4 aliphatic heterocycles. The SMILES string of the molecule is CN1C(=O)[C@]23Oc4ccccc4[C@@H]2SS[C@H]1C(=O)N3C. The Morgan fingerprint density at radius 1 is 1.20 bits per heavy atom. The number of benzene rings is 1. The van der Waals surface area contributed by atoms with Crippen molar-refractivity contribution in [1.82, 2.24) is 9.80 Å². The number of carbonyl (C=O) groups is 2. The quantitative estimate of drug-likeness (QED) is 0.679. The Morgan fingerprint density at radius 3 is 2.75 bits per heavy atom. The molecule has 1 aromatic carbocycles. The van der Waals surface area contributed by atoms with Crippen LogP contribution in [0.4, 0.5) is 0 Å². The molecule has 0 aromatic heterocycles. The summed E-state index contributed by atoms with van der Waals surface area (Å²) in [6, 6.07) is 7.62. The predicted molar refractivity (Wildman–Crippen MR) is 77.1 cm³/mol. The van der Waals surface area contributed by atoms with E-state index in [0.29, 0.717) is 5.75 Å². The van der Waals surface area contributed by atoms with Gasteiger partial charge in [0.1, 0.15) is 11.0 Å². The smallest absolute Gasteiger partial charge is 0.291 e. The lowest BCUT2D eigenvalue weighted by molar-refractivity contribution is -0.182. The van der Waals surface area contributed by atoms with Gasteiger partial charge in [-0.05, 0) is 6.07 Å². The third kappa shape index (κ3) is 1.23. The van der Waals surface area contributed by atoms with E-state index in [1.807, 2.05) is 24.3 Å². The molecular weight excluding hydrogens is 296 g/mol. The van der Waals surface area contributed by atoms with E-state index in [2.05, 4.69) is 0 Å². The van der Waals surface area contributed by atoms with E-state index < -0.39 is 11.1 Å². The average molecular weight is 308 g/mol. The van der Waals surface area contributed by atoms with Crippen molar-refractivity contribution in [1.29, 1.82) is 0 Å². The third-order valence-corrected chi connectivity index (χ3v) is 7.12. The number of para-hydroxylation sites is 1. The Kier molecular flexibility index (Phi) is 2.39. The molecule has 3 atom stereocenters. The van der Waals surface area contributed by atoms with Crippen molar-refractivity contribution in [3.8, 4) is 5.75 Å². The van der Waals surface area contributed by atoms with Gasteiger partial charge in [0.05, 0.1) is 0 Å². The average Bonchev–Trinajstić information content (AvgIpc) is 2.69. The van der Waals surface area contributed by atoms with E-state index >= 15 is 0 Å². The molecule has 0 aliphatic carbocycles. The minimum Gasteiger partial charge on any atom is -0.456 e. The predicted octanol–water partition coefficient (Wildman–Crippen LogP) is 1.47. The molecule has 1 aromatic rings. The molecule has 0 saturated carbocycles. The number of likely N-dealkylation sites (N-methyl/N-ethyl adjacent to an activating group) is 2. The summed E-state index contributed by atoms with van der Waals surface area (Å²) >= 11 is 0. The van der Waals surface area contributed by atoms with Gasteiger partial charge in [-0.1, -0.05) is 39.8 Å². The molecule has 2 amide bonds. The molecule has 0 N–H and O–H groups in total. The number of hydrogen-bond acceptors (Lipinski definition) is 5. The maximum atomic E-state index is 12.8. The maximum absolute atomic E-state index is 12.8. The van der Waals surface area contributed by atoms with Gasteiger partial charge in [0.2, 0.25) is 0 Å². The molecule has 3 fully saturated rings. The van der Waals surface area contributed by atoms with Crippen LogP contribution in [0.15, 0.2) is 24.3 Å². The molecule has 5 rings (SSSR count). The lowest BCUT2D eigenvalue weighted by Crippen LogP contribution is -2.70. The third-order valence-electron chi connectivity index (χ3n) is 4.08. The van der Waals surface area contributed by atoms with Crippen LogP contribution in [-0.4, -0.2) is 46.8 Å². The fraction of sp³-hybridized carbons (Fsp3) is 0.385. The second-order valence-electron chi connectivity index (χ2n) is 5.07. The van der Waals surface area contributed by atoms with Crippen LogP contribution in [-0.2, 0) is 9.59 Å². The normalized spacial score (nSPS) is 34.7. The molecule has 4 aliphatic rings. The molecule has 20 heavy (non-hydrogen) atoms. The Hall–Kier alpha value is -1.34. The van der Waals surface area contributed by atoms with Crippen LogP contribution in [0.25, 0.3) is 0 Å². The number of ether oxygens (including phenoxy) is 1. The highest BCUT2D eigenvalue weighted by Gasteiger charge is 2.67. The Balaban J connectivity index is 1.96. The van der Waals surface area contributed by atoms with E-state index in [4.69, 9.17) is 4.74 Å². The van der Waals surface area contributed by atoms with Crippen molar-refractivity contribution in [3.05, 3.63) is 29.8 Å². The first kappa shape index (κ1) is 12.4. The summed E-state index contributed by atoms with van der Waals surface area (Å²) in [5.74, 6) is 0.454. The van der Waals surface area contributed by atoms with Crippen LogP contribution in [0, 0.1) is 0 Å². The van der Waals surface area contributed by atoms with Gasteiger partial charge in [-0.15, -0.1) is 0 Å². The lowest BCUT2D eigenvalue weighted by atomic mass is 9.99. The van der Waals surface area contributed by atoms with Crippen molar-refractivity contribution >= 4 is 33.4 Å². The van der Waals surface area contributed by atoms with Crippen molar-refractivity contribution in [2.45, 2.75) is 16.3 Å². The number of nitrogens with zero attached hydrogens (tertiary/aromatic N) is 2. The van der Waals surface area contributed by atoms with Crippen molar-refractivity contribution in [2.75, 3.05) is 14.1 Å². The van der Waals surface area contributed by atoms with Crippen molar-refractivity contribution in [2.24, 2.45) is 0 Å². The molecule has 0 unspecified atom stereocenters. The van der Waals surface area contributed by atoms with Gasteiger partial charge in [0.25, 0.3) is 17.5 Å². The highest BCUT2D eigenvalue weighted by Crippen LogP contribution is 2.61. The fourth-order valence-corrected chi connectivity index (χ4v) is 6.35. The Morgan fingerprint density at radius 2 is 1.95 bits per heavy atom. The molecule has 3 saturated heterocycles. The summed E-state index contributed by atoms with van der Waals surface area (Å²) in [7, 11) is 6.31. The van der Waals surface area contributed by atoms with Gasteiger partial charge in [-0.25, -0.2) is 0 Å². The Labute approximate surface area is 124 Å². The number of amides is 2. The zero-order valence-corrected chi connectivity index (χ0v) is 12.5. The summed E-state index contributed by atoms with van der Waals surface area (Å²) < 4.78 is 6.01. The number of piperazine rings is 1. The summed E-state index contributed by atoms with van der Waals surface area (Å²) in [5.41, 5.74) is -0.255. The van der Waals surface area contributed by atoms with Crippen LogP contribution in [0.5, 0.6) is 5.75 Å². The first-order valence-electron chi connectivity index (χ1n) is 6.22. The molecule has 7 heteroatoms. The second-order valence-corrected chi connectivity index (χ2v) is 7.53. The largest absolute Gasteiger partial charge is 0.456 e. The molecule has 2 bridgehead atoms. The summed E-state index contributed by atoms with van der Waals surface area (Å²) in [6.45, 7) is 0. The zero-order chi connectivity index (χ0) is 14.1. The van der Waals surface area contributed by atoms with Gasteiger partial charge in [-0.3, -0.25) is 14.5 Å². The number of fused-ring (bicyclic) bond motifs is 4. The molecule has 1 spiro atoms. The topological polar surface area (TPSA) is 49.9 Å². The molecule has 5 nitrogen and oxygen atoms in total. The van der Waals surface area contributed by atoms with E-state index in [9.17, 15) is 9.59 Å². The number of carbonyl (C=O) groups excluding carboxylic acids is 2. The van der Waals surface area contributed by atoms with Crippen LogP contribution in [0.2, 0.25) is 0 Å². The second kappa shape index (κ2) is 3.85. The standard InChI is InChI=1S/C13H12N2O3S2/c1-14-11-10(16)15(2)13(12(14)17)9(19-20-11)7-5-3-4-6-8(7)18-13/h3-6,9,11H,1-2H3/t9-,11-,13+/m0/s1. The molecular formula is C13H12N2O3S2. The van der Waals surface area contributed by atoms with Gasteiger partial charge < -0.3 is 9.64 Å². The zero-order valence-electron chi connectivity index (χ0n) is 10.9. The molecule has 0 radical (unpaired) electrons. The van der Waals surface area contributed by atoms with E-state index in [0.717, 1.165) is 5.56 Å². The van der Waals surface area contributed by atoms with Gasteiger partial charge >= 0.3 is 0 Å². The van der Waals surface area contributed by atoms with E-state index in [-0.39, 0.29) is 17.1 Å². The minimum atomic E-state index is -1.24. The highest BCUT2D eigenvalue weighted by molar-refractivity contribution is 8.77. The van der Waals surface area contributed by atoms with Crippen LogP contribution in [0.3, 0.4) is 0 Å². The molecule has 104 valence electrons. The van der Waals surface area contributed by atoms with Crippen LogP contribution < -0.4 is 4.74 Å². The van der Waals surface area contributed by atoms with E-state index in [1.54, 1.807) is 24.9 Å². The maximum Gasteiger partial charge on any atom is 0.291 e. The summed E-state index contributed by atoms with van der Waals surface area (Å²) in [4.78, 5) is 28.3. The lowest BCUT2D eigenvalue weighted by Gasteiger charge is -2.45. The molecule has 4 heterocycles. The van der Waals surface area contributed by atoms with Gasteiger partial charge in [-0.2, -0.15) is 0 Å². The first-order chi connectivity index (χ1) is 9.57. The van der Waals surface area contributed by atoms with Gasteiger partial charge in [0, 0.05) is 19.7 Å².